The molecule has 0 aliphatic carbocycles. The van der Waals surface area contributed by atoms with Crippen LogP contribution in [-0.4, -0.2) is 24.4 Å². The molecule has 0 radical (unpaired) electrons. The fourth-order valence-corrected chi connectivity index (χ4v) is 2.19. The van der Waals surface area contributed by atoms with E-state index in [2.05, 4.69) is 13.5 Å². The van der Waals surface area contributed by atoms with Crippen LogP contribution in [0.3, 0.4) is 0 Å². The van der Waals surface area contributed by atoms with Gasteiger partial charge in [-0.2, -0.15) is 0 Å². The maximum atomic E-state index is 14.0. The molecule has 1 rings (SSSR count). The van der Waals surface area contributed by atoms with Crippen molar-refractivity contribution >= 4 is 5.91 Å². The maximum absolute atomic E-state index is 14.0. The van der Waals surface area contributed by atoms with E-state index in [0.717, 1.165) is 24.8 Å². The highest BCUT2D eigenvalue weighted by atomic mass is 19.1. The lowest BCUT2D eigenvalue weighted by atomic mass is 9.88. The van der Waals surface area contributed by atoms with Gasteiger partial charge in [0.15, 0.2) is 0 Å². The summed E-state index contributed by atoms with van der Waals surface area (Å²) in [5.41, 5.74) is 1.62. The van der Waals surface area contributed by atoms with Gasteiger partial charge in [0.25, 0.3) is 0 Å². The first-order valence-electron chi connectivity index (χ1n) is 7.11. The van der Waals surface area contributed by atoms with Crippen LogP contribution in [0.2, 0.25) is 0 Å². The topological polar surface area (TPSA) is 20.3 Å². The minimum absolute atomic E-state index is 0.0189. The van der Waals surface area contributed by atoms with Gasteiger partial charge in [0.2, 0.25) is 5.91 Å². The van der Waals surface area contributed by atoms with Crippen LogP contribution in [0.25, 0.3) is 0 Å². The van der Waals surface area contributed by atoms with E-state index in [-0.39, 0.29) is 17.6 Å². The lowest BCUT2D eigenvalue weighted by molar-refractivity contribution is -0.127. The molecule has 0 fully saturated rings. The summed E-state index contributed by atoms with van der Waals surface area (Å²) in [6.07, 6.45) is 2.97. The van der Waals surface area contributed by atoms with Gasteiger partial charge in [0.1, 0.15) is 5.82 Å². The van der Waals surface area contributed by atoms with Crippen LogP contribution in [0.5, 0.6) is 0 Å². The van der Waals surface area contributed by atoms with E-state index in [9.17, 15) is 9.18 Å². The Hall–Kier alpha value is -1.64. The number of nitrogens with zero attached hydrogens (tertiary/aromatic N) is 1. The minimum atomic E-state index is -0.230. The van der Waals surface area contributed by atoms with Crippen molar-refractivity contribution in [2.75, 3.05) is 13.6 Å². The van der Waals surface area contributed by atoms with Crippen LogP contribution in [-0.2, 0) is 4.79 Å². The third-order valence-electron chi connectivity index (χ3n) is 3.62. The lowest BCUT2D eigenvalue weighted by Crippen LogP contribution is -2.30. The summed E-state index contributed by atoms with van der Waals surface area (Å²) in [6.45, 7) is 8.23. The highest BCUT2D eigenvalue weighted by Gasteiger charge is 2.21. The second-order valence-corrected chi connectivity index (χ2v) is 5.24. The number of carbonyl (C=O) groups excluding carboxylic acids is 1. The Bertz CT molecular complexity index is 470. The summed E-state index contributed by atoms with van der Waals surface area (Å²) in [4.78, 5) is 13.1. The number of carbonyl (C=O) groups is 1. The van der Waals surface area contributed by atoms with Crippen LogP contribution in [0, 0.1) is 5.82 Å². The van der Waals surface area contributed by atoms with E-state index in [1.807, 2.05) is 6.07 Å². The Kier molecular flexibility index (Phi) is 6.43. The predicted octanol–water partition coefficient (Wildman–Crippen LogP) is 4.13. The standard InChI is InChI=1S/C17H24FNO/c1-5-6-9-13(2)16(12-19(4)14(3)20)15-10-7-8-11-17(15)18/h7-8,10-11,16H,2,5-6,9,12H2,1,3-4H3. The molecule has 0 saturated heterocycles. The molecule has 0 aromatic heterocycles. The molecule has 1 aromatic carbocycles. The van der Waals surface area contributed by atoms with Gasteiger partial charge in [-0.3, -0.25) is 4.79 Å². The second-order valence-electron chi connectivity index (χ2n) is 5.24. The number of halogens is 1. The number of hydrogen-bond donors (Lipinski definition) is 0. The zero-order chi connectivity index (χ0) is 15.1. The van der Waals surface area contributed by atoms with Crippen LogP contribution in [0.15, 0.2) is 36.4 Å². The number of hydrogen-bond acceptors (Lipinski definition) is 1. The fourth-order valence-electron chi connectivity index (χ4n) is 2.19. The van der Waals surface area contributed by atoms with Gasteiger partial charge in [-0.1, -0.05) is 43.7 Å². The van der Waals surface area contributed by atoms with Crippen molar-refractivity contribution in [3.8, 4) is 0 Å². The van der Waals surface area contributed by atoms with Crippen LogP contribution < -0.4 is 0 Å². The zero-order valence-corrected chi connectivity index (χ0v) is 12.7. The molecule has 1 unspecified atom stereocenters. The molecule has 1 amide bonds. The van der Waals surface area contributed by atoms with Crippen molar-refractivity contribution in [2.45, 2.75) is 39.0 Å². The first-order valence-corrected chi connectivity index (χ1v) is 7.11. The van der Waals surface area contributed by atoms with E-state index in [0.29, 0.717) is 12.1 Å². The number of unbranched alkanes of at least 4 members (excludes halogenated alkanes) is 1. The van der Waals surface area contributed by atoms with E-state index in [4.69, 9.17) is 0 Å². The summed E-state index contributed by atoms with van der Waals surface area (Å²) in [7, 11) is 1.74. The van der Waals surface area contributed by atoms with Gasteiger partial charge >= 0.3 is 0 Å². The summed E-state index contributed by atoms with van der Waals surface area (Å²) >= 11 is 0. The van der Waals surface area contributed by atoms with Crippen molar-refractivity contribution in [1.29, 1.82) is 0 Å². The molecule has 2 nitrogen and oxygen atoms in total. The first-order chi connectivity index (χ1) is 9.47. The Labute approximate surface area is 121 Å². The van der Waals surface area contributed by atoms with Crippen molar-refractivity contribution in [3.05, 3.63) is 47.8 Å². The number of rotatable bonds is 7. The van der Waals surface area contributed by atoms with E-state index < -0.39 is 0 Å². The molecule has 1 aromatic rings. The average Bonchev–Trinajstić information content (AvgIpc) is 2.42. The van der Waals surface area contributed by atoms with E-state index >= 15 is 0 Å². The van der Waals surface area contributed by atoms with Crippen LogP contribution in [0.4, 0.5) is 4.39 Å². The summed E-state index contributed by atoms with van der Waals surface area (Å²) in [5.74, 6) is -0.390. The molecule has 20 heavy (non-hydrogen) atoms. The van der Waals surface area contributed by atoms with Crippen molar-refractivity contribution < 1.29 is 9.18 Å². The summed E-state index contributed by atoms with van der Waals surface area (Å²) < 4.78 is 14.0. The Morgan fingerprint density at radius 2 is 2.05 bits per heavy atom. The quantitative estimate of drug-likeness (QED) is 0.686. The smallest absolute Gasteiger partial charge is 0.219 e. The van der Waals surface area contributed by atoms with Gasteiger partial charge in [0, 0.05) is 26.4 Å². The maximum Gasteiger partial charge on any atom is 0.219 e. The Morgan fingerprint density at radius 3 is 2.60 bits per heavy atom. The normalized spacial score (nSPS) is 12.0. The predicted molar refractivity (Wildman–Crippen MR) is 81.1 cm³/mol. The molecule has 110 valence electrons. The third kappa shape index (κ3) is 4.48. The van der Waals surface area contributed by atoms with E-state index in [1.165, 1.54) is 13.0 Å². The molecule has 0 saturated carbocycles. The van der Waals surface area contributed by atoms with Crippen molar-refractivity contribution in [2.24, 2.45) is 0 Å². The first kappa shape index (κ1) is 16.4. The van der Waals surface area contributed by atoms with Gasteiger partial charge in [-0.05, 0) is 24.5 Å². The van der Waals surface area contributed by atoms with E-state index in [1.54, 1.807) is 24.1 Å². The molecule has 0 spiro atoms. The van der Waals surface area contributed by atoms with Gasteiger partial charge in [-0.15, -0.1) is 0 Å². The minimum Gasteiger partial charge on any atom is -0.345 e. The highest BCUT2D eigenvalue weighted by molar-refractivity contribution is 5.73. The average molecular weight is 277 g/mol. The molecule has 0 aliphatic heterocycles. The lowest BCUT2D eigenvalue weighted by Gasteiger charge is -2.26. The Morgan fingerprint density at radius 1 is 1.40 bits per heavy atom. The molecule has 0 N–H and O–H groups in total. The van der Waals surface area contributed by atoms with Gasteiger partial charge < -0.3 is 4.90 Å². The molecular formula is C17H24FNO. The van der Waals surface area contributed by atoms with Gasteiger partial charge in [-0.25, -0.2) is 4.39 Å². The second kappa shape index (κ2) is 7.83. The van der Waals surface area contributed by atoms with Crippen LogP contribution >= 0.6 is 0 Å². The number of benzene rings is 1. The highest BCUT2D eigenvalue weighted by Crippen LogP contribution is 2.29. The molecule has 0 aliphatic rings. The SMILES string of the molecule is C=C(CCCC)C(CN(C)C(C)=O)c1ccccc1F. The molecular weight excluding hydrogens is 253 g/mol. The molecule has 3 heteroatoms. The number of likely N-dealkylation sites (N-methyl/N-ethyl adjacent to an activating group) is 1. The van der Waals surface area contributed by atoms with Crippen molar-refractivity contribution in [1.82, 2.24) is 4.90 Å². The van der Waals surface area contributed by atoms with Crippen LogP contribution in [0.1, 0.15) is 44.6 Å². The molecule has 0 heterocycles. The Balaban J connectivity index is 2.98. The number of amides is 1. The third-order valence-corrected chi connectivity index (χ3v) is 3.62. The van der Waals surface area contributed by atoms with Crippen molar-refractivity contribution in [3.63, 3.8) is 0 Å². The summed E-state index contributed by atoms with van der Waals surface area (Å²) in [5, 5.41) is 0. The summed E-state index contributed by atoms with van der Waals surface area (Å²) in [6, 6.07) is 6.75. The fraction of sp³-hybridized carbons (Fsp3) is 0.471. The van der Waals surface area contributed by atoms with Gasteiger partial charge in [0.05, 0.1) is 0 Å². The largest absolute Gasteiger partial charge is 0.345 e. The monoisotopic (exact) mass is 277 g/mol. The zero-order valence-electron chi connectivity index (χ0n) is 12.7. The molecule has 1 atom stereocenters. The molecule has 0 bridgehead atoms.